The van der Waals surface area contributed by atoms with Gasteiger partial charge in [0.15, 0.2) is 0 Å². The molecule has 0 unspecified atom stereocenters. The number of pyridine rings is 2. The van der Waals surface area contributed by atoms with Crippen LogP contribution in [0.2, 0.25) is 0 Å². The van der Waals surface area contributed by atoms with E-state index < -0.39 is 5.97 Å². The Balaban J connectivity index is 2.02. The SMILES string of the molecule is O=C(O)c1ccc2nc(-c3ccccn3)c(-c3ccccn3)nc2c1. The van der Waals surface area contributed by atoms with Crippen molar-refractivity contribution in [2.75, 3.05) is 0 Å². The highest BCUT2D eigenvalue weighted by Gasteiger charge is 2.15. The molecule has 0 saturated heterocycles. The fraction of sp³-hybridized carbons (Fsp3) is 0. The minimum absolute atomic E-state index is 0.166. The molecule has 0 fully saturated rings. The monoisotopic (exact) mass is 328 g/mol. The number of fused-ring (bicyclic) bond motifs is 1. The van der Waals surface area contributed by atoms with Gasteiger partial charge in [-0.25, -0.2) is 14.8 Å². The highest BCUT2D eigenvalue weighted by atomic mass is 16.4. The van der Waals surface area contributed by atoms with Crippen LogP contribution >= 0.6 is 0 Å². The van der Waals surface area contributed by atoms with Gasteiger partial charge in [-0.05, 0) is 42.5 Å². The first kappa shape index (κ1) is 14.9. The van der Waals surface area contributed by atoms with E-state index in [1.54, 1.807) is 18.5 Å². The molecule has 120 valence electrons. The predicted molar refractivity (Wildman–Crippen MR) is 93.0 cm³/mol. The number of benzene rings is 1. The standard InChI is InChI=1S/C19H12N4O2/c24-19(25)12-7-8-13-16(11-12)23-18(15-6-2-4-10-21-15)17(22-13)14-5-1-3-9-20-14/h1-11H,(H,24,25). The Morgan fingerprint density at radius 2 is 1.36 bits per heavy atom. The molecule has 0 aliphatic heterocycles. The zero-order valence-electron chi connectivity index (χ0n) is 13.0. The van der Waals surface area contributed by atoms with Crippen LogP contribution in [0, 0.1) is 0 Å². The summed E-state index contributed by atoms with van der Waals surface area (Å²) in [4.78, 5) is 29.2. The third-order valence-corrected chi connectivity index (χ3v) is 3.73. The molecule has 1 N–H and O–H groups in total. The average molecular weight is 328 g/mol. The molecule has 6 nitrogen and oxygen atoms in total. The summed E-state index contributed by atoms with van der Waals surface area (Å²) in [6.45, 7) is 0. The zero-order chi connectivity index (χ0) is 17.2. The van der Waals surface area contributed by atoms with Crippen molar-refractivity contribution in [3.8, 4) is 22.8 Å². The molecule has 3 aromatic heterocycles. The van der Waals surface area contributed by atoms with Gasteiger partial charge in [-0.2, -0.15) is 0 Å². The van der Waals surface area contributed by atoms with E-state index in [1.807, 2.05) is 36.4 Å². The van der Waals surface area contributed by atoms with Crippen LogP contribution in [0.1, 0.15) is 10.4 Å². The fourth-order valence-electron chi connectivity index (χ4n) is 2.55. The molecule has 0 amide bonds. The van der Waals surface area contributed by atoms with E-state index in [9.17, 15) is 9.90 Å². The number of aromatic carboxylic acids is 1. The highest BCUT2D eigenvalue weighted by Crippen LogP contribution is 2.28. The Kier molecular flexibility index (Phi) is 3.63. The minimum Gasteiger partial charge on any atom is -0.478 e. The van der Waals surface area contributed by atoms with Gasteiger partial charge in [-0.3, -0.25) is 9.97 Å². The minimum atomic E-state index is -1.00. The normalized spacial score (nSPS) is 10.7. The molecule has 0 spiro atoms. The van der Waals surface area contributed by atoms with Crippen LogP contribution in [-0.2, 0) is 0 Å². The summed E-state index contributed by atoms with van der Waals surface area (Å²) in [5, 5.41) is 9.19. The van der Waals surface area contributed by atoms with Crippen molar-refractivity contribution in [3.63, 3.8) is 0 Å². The first-order valence-electron chi connectivity index (χ1n) is 7.60. The van der Waals surface area contributed by atoms with E-state index in [0.717, 1.165) is 0 Å². The number of hydrogen-bond acceptors (Lipinski definition) is 5. The van der Waals surface area contributed by atoms with E-state index in [1.165, 1.54) is 12.1 Å². The van der Waals surface area contributed by atoms with Crippen LogP contribution in [-0.4, -0.2) is 31.0 Å². The summed E-state index contributed by atoms with van der Waals surface area (Å²) in [5.74, 6) is -1.00. The number of nitrogens with zero attached hydrogens (tertiary/aromatic N) is 4. The maximum Gasteiger partial charge on any atom is 0.335 e. The molecule has 0 radical (unpaired) electrons. The van der Waals surface area contributed by atoms with Crippen molar-refractivity contribution in [3.05, 3.63) is 72.6 Å². The summed E-state index contributed by atoms with van der Waals surface area (Å²) in [7, 11) is 0. The lowest BCUT2D eigenvalue weighted by Gasteiger charge is -2.09. The van der Waals surface area contributed by atoms with E-state index in [-0.39, 0.29) is 5.56 Å². The van der Waals surface area contributed by atoms with Crippen LogP contribution in [0.25, 0.3) is 33.8 Å². The maximum atomic E-state index is 11.2. The fourth-order valence-corrected chi connectivity index (χ4v) is 2.55. The summed E-state index contributed by atoms with van der Waals surface area (Å²) in [5.41, 5.74) is 3.77. The van der Waals surface area contributed by atoms with E-state index in [0.29, 0.717) is 33.8 Å². The second kappa shape index (κ2) is 6.09. The molecule has 25 heavy (non-hydrogen) atoms. The lowest BCUT2D eigenvalue weighted by atomic mass is 10.1. The Morgan fingerprint density at radius 3 is 1.88 bits per heavy atom. The maximum absolute atomic E-state index is 11.2. The molecule has 0 aliphatic rings. The summed E-state index contributed by atoms with van der Waals surface area (Å²) in [6, 6.07) is 15.8. The molecule has 4 rings (SSSR count). The molecule has 4 aromatic rings. The average Bonchev–Trinajstić information content (AvgIpc) is 2.68. The number of carboxylic acid groups (broad SMARTS) is 1. The van der Waals surface area contributed by atoms with Crippen LogP contribution in [0.4, 0.5) is 0 Å². The van der Waals surface area contributed by atoms with Gasteiger partial charge in [-0.15, -0.1) is 0 Å². The second-order valence-corrected chi connectivity index (χ2v) is 5.36. The van der Waals surface area contributed by atoms with Crippen LogP contribution in [0.15, 0.2) is 67.0 Å². The van der Waals surface area contributed by atoms with Gasteiger partial charge >= 0.3 is 5.97 Å². The number of carboxylic acids is 1. The van der Waals surface area contributed by atoms with Crippen molar-refractivity contribution >= 4 is 17.0 Å². The third kappa shape index (κ3) is 2.81. The molecular weight excluding hydrogens is 316 g/mol. The lowest BCUT2D eigenvalue weighted by molar-refractivity contribution is 0.0697. The quantitative estimate of drug-likeness (QED) is 0.619. The zero-order valence-corrected chi connectivity index (χ0v) is 13.0. The lowest BCUT2D eigenvalue weighted by Crippen LogP contribution is -2.00. The Bertz CT molecular complexity index is 1070. The molecular formula is C19H12N4O2. The smallest absolute Gasteiger partial charge is 0.335 e. The van der Waals surface area contributed by atoms with Gasteiger partial charge in [0.25, 0.3) is 0 Å². The van der Waals surface area contributed by atoms with Crippen molar-refractivity contribution in [1.82, 2.24) is 19.9 Å². The van der Waals surface area contributed by atoms with Crippen LogP contribution < -0.4 is 0 Å². The van der Waals surface area contributed by atoms with Gasteiger partial charge in [-0.1, -0.05) is 12.1 Å². The molecule has 0 bridgehead atoms. The molecule has 3 heterocycles. The Morgan fingerprint density at radius 1 is 0.760 bits per heavy atom. The molecule has 0 saturated carbocycles. The van der Waals surface area contributed by atoms with Crippen molar-refractivity contribution in [2.45, 2.75) is 0 Å². The largest absolute Gasteiger partial charge is 0.478 e. The number of carbonyl (C=O) groups is 1. The molecule has 6 heteroatoms. The number of hydrogen-bond donors (Lipinski definition) is 1. The van der Waals surface area contributed by atoms with Crippen LogP contribution in [0.5, 0.6) is 0 Å². The van der Waals surface area contributed by atoms with Gasteiger partial charge < -0.3 is 5.11 Å². The Labute approximate surface area is 142 Å². The third-order valence-electron chi connectivity index (χ3n) is 3.73. The number of rotatable bonds is 3. The van der Waals surface area contributed by atoms with Crippen molar-refractivity contribution in [2.24, 2.45) is 0 Å². The first-order valence-corrected chi connectivity index (χ1v) is 7.60. The summed E-state index contributed by atoms with van der Waals surface area (Å²) < 4.78 is 0. The van der Waals surface area contributed by atoms with E-state index in [2.05, 4.69) is 19.9 Å². The Hall–Kier alpha value is -3.67. The number of aromatic nitrogens is 4. The van der Waals surface area contributed by atoms with Gasteiger partial charge in [0, 0.05) is 12.4 Å². The van der Waals surface area contributed by atoms with Crippen molar-refractivity contribution in [1.29, 1.82) is 0 Å². The molecule has 1 aromatic carbocycles. The first-order chi connectivity index (χ1) is 12.2. The van der Waals surface area contributed by atoms with E-state index in [4.69, 9.17) is 0 Å². The van der Waals surface area contributed by atoms with Gasteiger partial charge in [0.05, 0.1) is 28.0 Å². The van der Waals surface area contributed by atoms with Gasteiger partial charge in [0.1, 0.15) is 11.4 Å². The topological polar surface area (TPSA) is 88.9 Å². The van der Waals surface area contributed by atoms with Gasteiger partial charge in [0.2, 0.25) is 0 Å². The van der Waals surface area contributed by atoms with Crippen molar-refractivity contribution < 1.29 is 9.90 Å². The second-order valence-electron chi connectivity index (χ2n) is 5.36. The molecule has 0 atom stereocenters. The summed E-state index contributed by atoms with van der Waals surface area (Å²) in [6.07, 6.45) is 3.37. The highest BCUT2D eigenvalue weighted by molar-refractivity contribution is 5.93. The summed E-state index contributed by atoms with van der Waals surface area (Å²) >= 11 is 0. The predicted octanol–water partition coefficient (Wildman–Crippen LogP) is 3.45. The van der Waals surface area contributed by atoms with Crippen LogP contribution in [0.3, 0.4) is 0 Å². The molecule has 0 aliphatic carbocycles. The van der Waals surface area contributed by atoms with E-state index >= 15 is 0 Å².